The lowest BCUT2D eigenvalue weighted by molar-refractivity contribution is 0.311. The van der Waals surface area contributed by atoms with Gasteiger partial charge in [-0.05, 0) is 38.3 Å². The molecule has 90 valence electrons. The highest BCUT2D eigenvalue weighted by Crippen LogP contribution is 2.14. The molecule has 0 amide bonds. The van der Waals surface area contributed by atoms with Crippen molar-refractivity contribution in [1.29, 1.82) is 0 Å². The minimum atomic E-state index is -3.00. The van der Waals surface area contributed by atoms with Crippen LogP contribution in [0.2, 0.25) is 0 Å². The fourth-order valence-corrected chi connectivity index (χ4v) is 3.22. The standard InChI is InChI=1S/C10H22N2O2S/c1-3-8-15(13,14)12(2)9-10-4-6-11-7-5-10/h10-11H,3-9H2,1-2H3. The summed E-state index contributed by atoms with van der Waals surface area (Å²) in [6, 6.07) is 0. The van der Waals surface area contributed by atoms with Crippen molar-refractivity contribution in [3.05, 3.63) is 0 Å². The largest absolute Gasteiger partial charge is 0.317 e. The summed E-state index contributed by atoms with van der Waals surface area (Å²) in [7, 11) is -1.30. The molecule has 1 fully saturated rings. The molecule has 5 heteroatoms. The van der Waals surface area contributed by atoms with Crippen LogP contribution >= 0.6 is 0 Å². The second-order valence-electron chi connectivity index (χ2n) is 4.29. The number of rotatable bonds is 5. The van der Waals surface area contributed by atoms with E-state index in [9.17, 15) is 8.42 Å². The quantitative estimate of drug-likeness (QED) is 0.760. The summed E-state index contributed by atoms with van der Waals surface area (Å²) in [5.41, 5.74) is 0. The van der Waals surface area contributed by atoms with Gasteiger partial charge >= 0.3 is 0 Å². The predicted molar refractivity (Wildman–Crippen MR) is 62.3 cm³/mol. The van der Waals surface area contributed by atoms with Crippen LogP contribution in [0, 0.1) is 5.92 Å². The summed E-state index contributed by atoms with van der Waals surface area (Å²) >= 11 is 0. The first-order valence-electron chi connectivity index (χ1n) is 5.71. The van der Waals surface area contributed by atoms with Crippen LogP contribution in [0.15, 0.2) is 0 Å². The fraction of sp³-hybridized carbons (Fsp3) is 1.00. The van der Waals surface area contributed by atoms with Crippen molar-refractivity contribution in [2.75, 3.05) is 32.4 Å². The average Bonchev–Trinajstić information content (AvgIpc) is 2.19. The first kappa shape index (κ1) is 12.9. The zero-order valence-corrected chi connectivity index (χ0v) is 10.5. The highest BCUT2D eigenvalue weighted by atomic mass is 32.2. The first-order chi connectivity index (χ1) is 7.06. The fourth-order valence-electron chi connectivity index (χ4n) is 1.96. The molecular formula is C10H22N2O2S. The second-order valence-corrected chi connectivity index (χ2v) is 6.49. The average molecular weight is 234 g/mol. The van der Waals surface area contributed by atoms with Gasteiger partial charge in [0, 0.05) is 13.6 Å². The van der Waals surface area contributed by atoms with E-state index in [1.807, 2.05) is 6.92 Å². The van der Waals surface area contributed by atoms with Crippen molar-refractivity contribution >= 4 is 10.0 Å². The van der Waals surface area contributed by atoms with E-state index >= 15 is 0 Å². The van der Waals surface area contributed by atoms with E-state index in [0.717, 1.165) is 25.9 Å². The maximum absolute atomic E-state index is 11.7. The summed E-state index contributed by atoms with van der Waals surface area (Å²) in [5, 5.41) is 3.28. The molecule has 0 saturated carbocycles. The molecule has 0 radical (unpaired) electrons. The number of hydrogen-bond donors (Lipinski definition) is 1. The minimum Gasteiger partial charge on any atom is -0.317 e. The van der Waals surface area contributed by atoms with Crippen molar-refractivity contribution in [3.8, 4) is 0 Å². The van der Waals surface area contributed by atoms with Crippen molar-refractivity contribution in [3.63, 3.8) is 0 Å². The lowest BCUT2D eigenvalue weighted by atomic mass is 9.98. The van der Waals surface area contributed by atoms with Gasteiger partial charge in [0.25, 0.3) is 0 Å². The van der Waals surface area contributed by atoms with Gasteiger partial charge in [0.2, 0.25) is 10.0 Å². The van der Waals surface area contributed by atoms with E-state index in [1.54, 1.807) is 7.05 Å². The number of piperidine rings is 1. The van der Waals surface area contributed by atoms with Crippen LogP contribution in [-0.4, -0.2) is 45.2 Å². The second kappa shape index (κ2) is 5.82. The maximum atomic E-state index is 11.7. The highest BCUT2D eigenvalue weighted by Gasteiger charge is 2.21. The Hall–Kier alpha value is -0.130. The van der Waals surface area contributed by atoms with E-state index in [0.29, 0.717) is 18.9 Å². The lowest BCUT2D eigenvalue weighted by Crippen LogP contribution is -2.38. The molecule has 1 saturated heterocycles. The Morgan fingerprint density at radius 1 is 1.33 bits per heavy atom. The zero-order chi connectivity index (χ0) is 11.3. The zero-order valence-electron chi connectivity index (χ0n) is 9.70. The molecule has 1 aliphatic rings. The third-order valence-corrected chi connectivity index (χ3v) is 4.93. The van der Waals surface area contributed by atoms with Crippen molar-refractivity contribution < 1.29 is 8.42 Å². The Balaban J connectivity index is 2.43. The van der Waals surface area contributed by atoms with Crippen LogP contribution in [0.25, 0.3) is 0 Å². The molecule has 1 N–H and O–H groups in total. The molecule has 0 unspecified atom stereocenters. The monoisotopic (exact) mass is 234 g/mol. The van der Waals surface area contributed by atoms with Gasteiger partial charge in [-0.2, -0.15) is 0 Å². The van der Waals surface area contributed by atoms with Gasteiger partial charge in [-0.3, -0.25) is 0 Å². The summed E-state index contributed by atoms with van der Waals surface area (Å²) in [6.45, 7) is 4.62. The topological polar surface area (TPSA) is 49.4 Å². The molecule has 1 heterocycles. The number of hydrogen-bond acceptors (Lipinski definition) is 3. The maximum Gasteiger partial charge on any atom is 0.213 e. The molecule has 0 bridgehead atoms. The molecule has 0 aromatic rings. The van der Waals surface area contributed by atoms with Crippen LogP contribution < -0.4 is 5.32 Å². The predicted octanol–water partition coefficient (Wildman–Crippen LogP) is 0.658. The van der Waals surface area contributed by atoms with Gasteiger partial charge in [-0.15, -0.1) is 0 Å². The van der Waals surface area contributed by atoms with Crippen LogP contribution in [0.3, 0.4) is 0 Å². The van der Waals surface area contributed by atoms with Gasteiger partial charge in [0.1, 0.15) is 0 Å². The normalized spacial score (nSPS) is 19.7. The van der Waals surface area contributed by atoms with Crippen molar-refractivity contribution in [2.45, 2.75) is 26.2 Å². The first-order valence-corrected chi connectivity index (χ1v) is 7.32. The van der Waals surface area contributed by atoms with Crippen molar-refractivity contribution in [2.24, 2.45) is 5.92 Å². The smallest absolute Gasteiger partial charge is 0.213 e. The minimum absolute atomic E-state index is 0.272. The molecule has 0 atom stereocenters. The Morgan fingerprint density at radius 2 is 1.93 bits per heavy atom. The van der Waals surface area contributed by atoms with Gasteiger partial charge in [-0.25, -0.2) is 12.7 Å². The molecule has 0 spiro atoms. The van der Waals surface area contributed by atoms with Crippen LogP contribution in [-0.2, 0) is 10.0 Å². The van der Waals surface area contributed by atoms with Gasteiger partial charge in [-0.1, -0.05) is 6.92 Å². The molecule has 1 aliphatic heterocycles. The van der Waals surface area contributed by atoms with Gasteiger partial charge in [0.15, 0.2) is 0 Å². The third kappa shape index (κ3) is 4.09. The molecule has 0 aliphatic carbocycles. The van der Waals surface area contributed by atoms with E-state index in [1.165, 1.54) is 4.31 Å². The van der Waals surface area contributed by atoms with Gasteiger partial charge in [0.05, 0.1) is 5.75 Å². The van der Waals surface area contributed by atoms with E-state index in [2.05, 4.69) is 5.32 Å². The SMILES string of the molecule is CCCS(=O)(=O)N(C)CC1CCNCC1. The lowest BCUT2D eigenvalue weighted by Gasteiger charge is -2.27. The number of nitrogens with zero attached hydrogens (tertiary/aromatic N) is 1. The molecule has 0 aromatic carbocycles. The van der Waals surface area contributed by atoms with Crippen LogP contribution in [0.1, 0.15) is 26.2 Å². The molecule has 0 aromatic heterocycles. The Morgan fingerprint density at radius 3 is 2.47 bits per heavy atom. The Bertz CT molecular complexity index is 271. The Labute approximate surface area is 93.1 Å². The Kier molecular flexibility index (Phi) is 5.02. The van der Waals surface area contributed by atoms with Crippen LogP contribution in [0.5, 0.6) is 0 Å². The third-order valence-electron chi connectivity index (χ3n) is 2.91. The highest BCUT2D eigenvalue weighted by molar-refractivity contribution is 7.89. The van der Waals surface area contributed by atoms with E-state index in [4.69, 9.17) is 0 Å². The molecule has 15 heavy (non-hydrogen) atoms. The summed E-state index contributed by atoms with van der Waals surface area (Å²) in [6.07, 6.45) is 2.87. The summed E-state index contributed by atoms with van der Waals surface area (Å²) in [5.74, 6) is 0.803. The van der Waals surface area contributed by atoms with Crippen LogP contribution in [0.4, 0.5) is 0 Å². The number of nitrogens with one attached hydrogen (secondary N) is 1. The van der Waals surface area contributed by atoms with Gasteiger partial charge < -0.3 is 5.32 Å². The summed E-state index contributed by atoms with van der Waals surface area (Å²) < 4.78 is 25.0. The molecular weight excluding hydrogens is 212 g/mol. The molecule has 1 rings (SSSR count). The number of sulfonamides is 1. The molecule has 4 nitrogen and oxygen atoms in total. The van der Waals surface area contributed by atoms with E-state index in [-0.39, 0.29) is 5.75 Å². The van der Waals surface area contributed by atoms with Crippen molar-refractivity contribution in [1.82, 2.24) is 9.62 Å². The van der Waals surface area contributed by atoms with E-state index < -0.39 is 10.0 Å². The summed E-state index contributed by atoms with van der Waals surface area (Å²) in [4.78, 5) is 0.